The molecule has 6 nitrogen and oxygen atoms in total. The lowest BCUT2D eigenvalue weighted by atomic mass is 9.89. The molecule has 1 heterocycles. The van der Waals surface area contributed by atoms with Gasteiger partial charge in [0.1, 0.15) is 5.00 Å². The van der Waals surface area contributed by atoms with Crippen LogP contribution in [0.4, 0.5) is 5.00 Å². The lowest BCUT2D eigenvalue weighted by Gasteiger charge is -2.20. The Morgan fingerprint density at radius 1 is 1.19 bits per heavy atom. The van der Waals surface area contributed by atoms with Gasteiger partial charge in [0.2, 0.25) is 5.91 Å². The average Bonchev–Trinajstić information content (AvgIpc) is 2.91. The van der Waals surface area contributed by atoms with Crippen molar-refractivity contribution < 1.29 is 19.1 Å². The van der Waals surface area contributed by atoms with Gasteiger partial charge in [-0.3, -0.25) is 9.59 Å². The molecule has 2 rings (SSSR count). The number of hydrogen-bond acceptors (Lipinski definition) is 5. The van der Waals surface area contributed by atoms with Crippen molar-refractivity contribution in [2.75, 3.05) is 11.9 Å². The maximum atomic E-state index is 12.6. The van der Waals surface area contributed by atoms with Crippen molar-refractivity contribution >= 4 is 34.1 Å². The van der Waals surface area contributed by atoms with E-state index in [4.69, 9.17) is 4.74 Å². The topological polar surface area (TPSA) is 84.5 Å². The number of anilines is 1. The maximum Gasteiger partial charge on any atom is 0.341 e. The van der Waals surface area contributed by atoms with Crippen LogP contribution in [0.1, 0.15) is 78.5 Å². The molecule has 144 valence electrons. The second-order valence-electron chi connectivity index (χ2n) is 6.93. The first-order valence-electron chi connectivity index (χ1n) is 9.27. The summed E-state index contributed by atoms with van der Waals surface area (Å²) in [5.74, 6) is -0.864. The second-order valence-corrected chi connectivity index (χ2v) is 7.95. The smallest absolute Gasteiger partial charge is 0.341 e. The summed E-state index contributed by atoms with van der Waals surface area (Å²) in [5.41, 5.74) is 0.834. The molecule has 2 N–H and O–H groups in total. The molecule has 26 heavy (non-hydrogen) atoms. The molecule has 1 aromatic heterocycles. The fraction of sp³-hybridized carbons (Fsp3) is 0.632. The average molecular weight is 381 g/mol. The zero-order chi connectivity index (χ0) is 19.3. The van der Waals surface area contributed by atoms with Gasteiger partial charge in [0.15, 0.2) is 0 Å². The van der Waals surface area contributed by atoms with E-state index in [1.807, 2.05) is 13.8 Å². The van der Waals surface area contributed by atoms with Crippen molar-refractivity contribution in [3.05, 3.63) is 16.0 Å². The van der Waals surface area contributed by atoms with Crippen LogP contribution in [0.3, 0.4) is 0 Å². The minimum Gasteiger partial charge on any atom is -0.462 e. The van der Waals surface area contributed by atoms with Crippen molar-refractivity contribution in [1.29, 1.82) is 0 Å². The van der Waals surface area contributed by atoms with E-state index in [1.54, 1.807) is 13.8 Å². The highest BCUT2D eigenvalue weighted by Crippen LogP contribution is 2.35. The normalized spacial score (nSPS) is 15.0. The summed E-state index contributed by atoms with van der Waals surface area (Å²) in [6, 6.07) is -0.0182. The molecule has 0 atom stereocenters. The molecule has 0 saturated heterocycles. The van der Waals surface area contributed by atoms with Gasteiger partial charge in [-0.15, -0.1) is 11.3 Å². The third-order valence-corrected chi connectivity index (χ3v) is 5.67. The van der Waals surface area contributed by atoms with Crippen LogP contribution in [0.15, 0.2) is 0 Å². The van der Waals surface area contributed by atoms with Gasteiger partial charge in [-0.2, -0.15) is 0 Å². The van der Waals surface area contributed by atoms with Crippen molar-refractivity contribution in [3.8, 4) is 0 Å². The fourth-order valence-corrected chi connectivity index (χ4v) is 4.27. The van der Waals surface area contributed by atoms with E-state index >= 15 is 0 Å². The maximum absolute atomic E-state index is 12.6. The number of esters is 1. The molecule has 2 amide bonds. The Balaban J connectivity index is 2.31. The van der Waals surface area contributed by atoms with Crippen molar-refractivity contribution in [3.63, 3.8) is 0 Å². The van der Waals surface area contributed by atoms with Crippen LogP contribution >= 0.6 is 11.3 Å². The summed E-state index contributed by atoms with van der Waals surface area (Å²) in [5, 5.41) is 6.13. The summed E-state index contributed by atoms with van der Waals surface area (Å²) in [6.07, 6.45) is 5.00. The van der Waals surface area contributed by atoms with Gasteiger partial charge in [0.05, 0.1) is 17.0 Å². The molecule has 0 unspecified atom stereocenters. The lowest BCUT2D eigenvalue weighted by molar-refractivity contribution is -0.120. The van der Waals surface area contributed by atoms with Crippen molar-refractivity contribution in [2.24, 2.45) is 5.92 Å². The number of nitrogens with one attached hydrogen (secondary N) is 2. The van der Waals surface area contributed by atoms with E-state index < -0.39 is 5.97 Å². The van der Waals surface area contributed by atoms with Crippen LogP contribution in [0.5, 0.6) is 0 Å². The Kier molecular flexibility index (Phi) is 7.20. The molecular formula is C19H28N2O4S. The molecule has 0 spiro atoms. The number of hydrogen-bond donors (Lipinski definition) is 2. The minimum absolute atomic E-state index is 0.0182. The molecule has 0 aromatic carbocycles. The highest BCUT2D eigenvalue weighted by atomic mass is 32.1. The van der Waals surface area contributed by atoms with Gasteiger partial charge < -0.3 is 15.4 Å². The summed E-state index contributed by atoms with van der Waals surface area (Å²) in [7, 11) is 0. The van der Waals surface area contributed by atoms with E-state index in [1.165, 1.54) is 0 Å². The first-order chi connectivity index (χ1) is 12.3. The molecule has 0 bridgehead atoms. The van der Waals surface area contributed by atoms with Crippen LogP contribution in [0.25, 0.3) is 0 Å². The van der Waals surface area contributed by atoms with E-state index in [9.17, 15) is 14.4 Å². The van der Waals surface area contributed by atoms with Gasteiger partial charge in [0.25, 0.3) is 5.91 Å². The third-order valence-electron chi connectivity index (χ3n) is 4.47. The standard InChI is InChI=1S/C19H28N2O4S/c1-5-25-19(24)14-12(4)15(17(23)20-11(2)3)26-18(14)21-16(22)13-9-7-6-8-10-13/h11,13H,5-10H2,1-4H3,(H,20,23)(H,21,22). The number of amides is 2. The van der Waals surface area contributed by atoms with Crippen LogP contribution < -0.4 is 10.6 Å². The van der Waals surface area contributed by atoms with E-state index in [0.717, 1.165) is 43.4 Å². The van der Waals surface area contributed by atoms with Crippen LogP contribution in [0, 0.1) is 12.8 Å². The molecule has 0 radical (unpaired) electrons. The largest absolute Gasteiger partial charge is 0.462 e. The molecule has 1 aromatic rings. The summed E-state index contributed by atoms with van der Waals surface area (Å²) in [4.78, 5) is 37.9. The molecular weight excluding hydrogens is 352 g/mol. The third kappa shape index (κ3) is 4.84. The Bertz CT molecular complexity index is 675. The van der Waals surface area contributed by atoms with Crippen LogP contribution in [-0.4, -0.2) is 30.4 Å². The zero-order valence-electron chi connectivity index (χ0n) is 15.9. The Morgan fingerprint density at radius 3 is 2.42 bits per heavy atom. The van der Waals surface area contributed by atoms with Gasteiger partial charge >= 0.3 is 5.97 Å². The Hall–Kier alpha value is -1.89. The van der Waals surface area contributed by atoms with Crippen LogP contribution in [-0.2, 0) is 9.53 Å². The number of rotatable bonds is 6. The van der Waals surface area contributed by atoms with E-state index in [2.05, 4.69) is 10.6 Å². The van der Waals surface area contributed by atoms with Gasteiger partial charge in [-0.25, -0.2) is 4.79 Å². The Labute approximate surface area is 158 Å². The molecule has 1 aliphatic carbocycles. The Morgan fingerprint density at radius 2 is 1.85 bits per heavy atom. The highest BCUT2D eigenvalue weighted by Gasteiger charge is 2.29. The lowest BCUT2D eigenvalue weighted by Crippen LogP contribution is -2.29. The predicted octanol–water partition coefficient (Wildman–Crippen LogP) is 3.89. The predicted molar refractivity (Wildman–Crippen MR) is 103 cm³/mol. The van der Waals surface area contributed by atoms with Gasteiger partial charge in [-0.05, 0) is 46.1 Å². The number of carbonyl (C=O) groups is 3. The van der Waals surface area contributed by atoms with Gasteiger partial charge in [-0.1, -0.05) is 19.3 Å². The first kappa shape index (κ1) is 20.4. The fourth-order valence-electron chi connectivity index (χ4n) is 3.17. The molecule has 1 saturated carbocycles. The monoisotopic (exact) mass is 380 g/mol. The van der Waals surface area contributed by atoms with Crippen molar-refractivity contribution in [2.45, 2.75) is 65.8 Å². The quantitative estimate of drug-likeness (QED) is 0.733. The minimum atomic E-state index is -0.510. The number of thiophene rings is 1. The highest BCUT2D eigenvalue weighted by molar-refractivity contribution is 7.18. The van der Waals surface area contributed by atoms with Gasteiger partial charge in [0, 0.05) is 12.0 Å². The number of carbonyl (C=O) groups excluding carboxylic acids is 3. The van der Waals surface area contributed by atoms with Crippen molar-refractivity contribution in [1.82, 2.24) is 5.32 Å². The SMILES string of the molecule is CCOC(=O)c1c(NC(=O)C2CCCCC2)sc(C(=O)NC(C)C)c1C. The second kappa shape index (κ2) is 9.16. The van der Waals surface area contributed by atoms with E-state index in [-0.39, 0.29) is 35.9 Å². The zero-order valence-corrected chi connectivity index (χ0v) is 16.8. The summed E-state index contributed by atoms with van der Waals surface area (Å²) >= 11 is 1.14. The first-order valence-corrected chi connectivity index (χ1v) is 10.1. The summed E-state index contributed by atoms with van der Waals surface area (Å²) < 4.78 is 5.14. The van der Waals surface area contributed by atoms with E-state index in [0.29, 0.717) is 15.4 Å². The molecule has 7 heteroatoms. The van der Waals surface area contributed by atoms with Crippen LogP contribution in [0.2, 0.25) is 0 Å². The molecule has 1 aliphatic rings. The number of ether oxygens (including phenoxy) is 1. The molecule has 0 aliphatic heterocycles. The molecule has 1 fully saturated rings. The summed E-state index contributed by atoms with van der Waals surface area (Å²) in [6.45, 7) is 7.43.